The van der Waals surface area contributed by atoms with E-state index in [0.29, 0.717) is 18.7 Å². The molecule has 2 rings (SSSR count). The SMILES string of the molecule is NCCc1ccc(Oc2ccc(F)cc2)c([N+](=O)[O-])c1. The van der Waals surface area contributed by atoms with Crippen molar-refractivity contribution >= 4 is 5.69 Å². The molecule has 0 radical (unpaired) electrons. The summed E-state index contributed by atoms with van der Waals surface area (Å²) in [6, 6.07) is 9.95. The van der Waals surface area contributed by atoms with Gasteiger partial charge in [-0.25, -0.2) is 4.39 Å². The standard InChI is InChI=1S/C14H13FN2O3/c15-11-2-4-12(5-3-11)20-14-6-1-10(7-8-16)9-13(14)17(18)19/h1-6,9H,7-8,16H2. The second-order valence-corrected chi connectivity index (χ2v) is 4.15. The Kier molecular flexibility index (Phi) is 4.27. The monoisotopic (exact) mass is 276 g/mol. The van der Waals surface area contributed by atoms with Gasteiger partial charge in [0, 0.05) is 6.07 Å². The third-order valence-electron chi connectivity index (χ3n) is 2.69. The van der Waals surface area contributed by atoms with E-state index < -0.39 is 10.7 Å². The van der Waals surface area contributed by atoms with Crippen molar-refractivity contribution in [3.8, 4) is 11.5 Å². The summed E-state index contributed by atoms with van der Waals surface area (Å²) in [6.45, 7) is 0.412. The maximum absolute atomic E-state index is 12.8. The number of nitro benzene ring substituents is 1. The van der Waals surface area contributed by atoms with E-state index in [1.54, 1.807) is 6.07 Å². The van der Waals surface area contributed by atoms with Crippen molar-refractivity contribution in [2.45, 2.75) is 6.42 Å². The van der Waals surface area contributed by atoms with Crippen LogP contribution in [0.3, 0.4) is 0 Å². The molecule has 0 aliphatic rings. The van der Waals surface area contributed by atoms with E-state index in [2.05, 4.69) is 0 Å². The number of hydrogen-bond donors (Lipinski definition) is 1. The third-order valence-corrected chi connectivity index (χ3v) is 2.69. The van der Waals surface area contributed by atoms with E-state index in [1.165, 1.54) is 36.4 Å². The van der Waals surface area contributed by atoms with E-state index in [-0.39, 0.29) is 11.4 Å². The molecule has 5 nitrogen and oxygen atoms in total. The number of halogens is 1. The van der Waals surface area contributed by atoms with Crippen LogP contribution < -0.4 is 10.5 Å². The molecular formula is C14H13FN2O3. The summed E-state index contributed by atoms with van der Waals surface area (Å²) in [6.07, 6.45) is 0.553. The summed E-state index contributed by atoms with van der Waals surface area (Å²) in [5, 5.41) is 11.1. The van der Waals surface area contributed by atoms with Gasteiger partial charge in [-0.05, 0) is 48.9 Å². The van der Waals surface area contributed by atoms with Crippen molar-refractivity contribution in [2.75, 3.05) is 6.54 Å². The molecule has 0 saturated carbocycles. The van der Waals surface area contributed by atoms with Crippen LogP contribution in [0.25, 0.3) is 0 Å². The molecule has 0 saturated heterocycles. The van der Waals surface area contributed by atoms with Gasteiger partial charge >= 0.3 is 5.69 Å². The third kappa shape index (κ3) is 3.30. The largest absolute Gasteiger partial charge is 0.450 e. The highest BCUT2D eigenvalue weighted by atomic mass is 19.1. The number of nitrogens with two attached hydrogens (primary N) is 1. The summed E-state index contributed by atoms with van der Waals surface area (Å²) in [7, 11) is 0. The molecule has 0 heterocycles. The Bertz CT molecular complexity index is 614. The molecular weight excluding hydrogens is 263 g/mol. The average Bonchev–Trinajstić information content (AvgIpc) is 2.43. The fraction of sp³-hybridized carbons (Fsp3) is 0.143. The quantitative estimate of drug-likeness (QED) is 0.672. The van der Waals surface area contributed by atoms with E-state index in [1.807, 2.05) is 0 Å². The first-order valence-corrected chi connectivity index (χ1v) is 6.01. The van der Waals surface area contributed by atoms with Gasteiger partial charge in [0.2, 0.25) is 5.75 Å². The molecule has 0 aromatic heterocycles. The summed E-state index contributed by atoms with van der Waals surface area (Å²) in [4.78, 5) is 10.5. The van der Waals surface area contributed by atoms with E-state index in [0.717, 1.165) is 5.56 Å². The number of ether oxygens (including phenoxy) is 1. The van der Waals surface area contributed by atoms with Crippen molar-refractivity contribution in [3.63, 3.8) is 0 Å². The van der Waals surface area contributed by atoms with Gasteiger partial charge in [-0.2, -0.15) is 0 Å². The highest BCUT2D eigenvalue weighted by Crippen LogP contribution is 2.32. The fourth-order valence-corrected chi connectivity index (χ4v) is 1.74. The van der Waals surface area contributed by atoms with E-state index >= 15 is 0 Å². The van der Waals surface area contributed by atoms with Gasteiger partial charge in [0.15, 0.2) is 0 Å². The summed E-state index contributed by atoms with van der Waals surface area (Å²) in [5.74, 6) is 0.0496. The van der Waals surface area contributed by atoms with E-state index in [4.69, 9.17) is 10.5 Å². The Balaban J connectivity index is 2.30. The summed E-state index contributed by atoms with van der Waals surface area (Å²) < 4.78 is 18.2. The highest BCUT2D eigenvalue weighted by molar-refractivity contribution is 5.50. The van der Waals surface area contributed by atoms with Crippen molar-refractivity contribution < 1.29 is 14.1 Å². The Morgan fingerprint density at radius 3 is 2.50 bits per heavy atom. The lowest BCUT2D eigenvalue weighted by Gasteiger charge is -2.07. The topological polar surface area (TPSA) is 78.4 Å². The minimum atomic E-state index is -0.515. The van der Waals surface area contributed by atoms with Crippen LogP contribution in [0.2, 0.25) is 0 Å². The van der Waals surface area contributed by atoms with Gasteiger partial charge in [-0.3, -0.25) is 10.1 Å². The predicted octanol–water partition coefficient (Wildman–Crippen LogP) is 3.03. The minimum absolute atomic E-state index is 0.113. The Hall–Kier alpha value is -2.47. The predicted molar refractivity (Wildman–Crippen MR) is 72.3 cm³/mol. The van der Waals surface area contributed by atoms with Crippen molar-refractivity contribution in [3.05, 3.63) is 64.0 Å². The number of nitro groups is 1. The molecule has 0 fully saturated rings. The van der Waals surface area contributed by atoms with Gasteiger partial charge in [0.25, 0.3) is 0 Å². The van der Waals surface area contributed by atoms with Crippen molar-refractivity contribution in [1.82, 2.24) is 0 Å². The normalized spacial score (nSPS) is 10.3. The van der Waals surface area contributed by atoms with Crippen molar-refractivity contribution in [1.29, 1.82) is 0 Å². The van der Waals surface area contributed by atoms with Gasteiger partial charge in [0.1, 0.15) is 11.6 Å². The summed E-state index contributed by atoms with van der Waals surface area (Å²) in [5.41, 5.74) is 6.06. The smallest absolute Gasteiger partial charge is 0.311 e. The first-order valence-electron chi connectivity index (χ1n) is 6.01. The number of benzene rings is 2. The second kappa shape index (κ2) is 6.12. The molecule has 20 heavy (non-hydrogen) atoms. The van der Waals surface area contributed by atoms with Crippen LogP contribution in [-0.2, 0) is 6.42 Å². The van der Waals surface area contributed by atoms with Crippen LogP contribution in [0.15, 0.2) is 42.5 Å². The minimum Gasteiger partial charge on any atom is -0.450 e. The second-order valence-electron chi connectivity index (χ2n) is 4.15. The zero-order chi connectivity index (χ0) is 14.5. The molecule has 0 bridgehead atoms. The number of hydrogen-bond acceptors (Lipinski definition) is 4. The molecule has 2 N–H and O–H groups in total. The number of rotatable bonds is 5. The maximum atomic E-state index is 12.8. The van der Waals surface area contributed by atoms with Gasteiger partial charge < -0.3 is 10.5 Å². The maximum Gasteiger partial charge on any atom is 0.311 e. The first kappa shape index (κ1) is 14.0. The molecule has 104 valence electrons. The Labute approximate surface area is 114 Å². The Morgan fingerprint density at radius 1 is 1.20 bits per heavy atom. The molecule has 0 aliphatic carbocycles. The van der Waals surface area contributed by atoms with Gasteiger partial charge in [-0.15, -0.1) is 0 Å². The van der Waals surface area contributed by atoms with Crippen LogP contribution in [0, 0.1) is 15.9 Å². The molecule has 0 unspecified atom stereocenters. The lowest BCUT2D eigenvalue weighted by molar-refractivity contribution is -0.385. The van der Waals surface area contributed by atoms with Crippen molar-refractivity contribution in [2.24, 2.45) is 5.73 Å². The molecule has 2 aromatic carbocycles. The fourth-order valence-electron chi connectivity index (χ4n) is 1.74. The zero-order valence-corrected chi connectivity index (χ0v) is 10.6. The molecule has 2 aromatic rings. The van der Waals surface area contributed by atoms with E-state index in [9.17, 15) is 14.5 Å². The molecule has 0 aliphatic heterocycles. The lowest BCUT2D eigenvalue weighted by Crippen LogP contribution is -2.03. The van der Waals surface area contributed by atoms with Crippen LogP contribution in [0.1, 0.15) is 5.56 Å². The summed E-state index contributed by atoms with van der Waals surface area (Å²) >= 11 is 0. The van der Waals surface area contributed by atoms with Gasteiger partial charge in [0.05, 0.1) is 4.92 Å². The van der Waals surface area contributed by atoms with Crippen LogP contribution in [0.4, 0.5) is 10.1 Å². The van der Waals surface area contributed by atoms with Crippen LogP contribution in [-0.4, -0.2) is 11.5 Å². The molecule has 0 atom stereocenters. The molecule has 0 spiro atoms. The molecule has 6 heteroatoms. The lowest BCUT2D eigenvalue weighted by atomic mass is 10.1. The van der Waals surface area contributed by atoms with Crippen LogP contribution in [0.5, 0.6) is 11.5 Å². The molecule has 0 amide bonds. The zero-order valence-electron chi connectivity index (χ0n) is 10.6. The van der Waals surface area contributed by atoms with Gasteiger partial charge in [-0.1, -0.05) is 6.07 Å². The Morgan fingerprint density at radius 2 is 1.90 bits per heavy atom. The van der Waals surface area contributed by atoms with Crippen LogP contribution >= 0.6 is 0 Å². The number of nitrogens with zero attached hydrogens (tertiary/aromatic N) is 1. The first-order chi connectivity index (χ1) is 9.60. The average molecular weight is 276 g/mol. The highest BCUT2D eigenvalue weighted by Gasteiger charge is 2.16.